The number of rotatable bonds is 2. The minimum absolute atomic E-state index is 0.409. The molecule has 0 aromatic carbocycles. The summed E-state index contributed by atoms with van der Waals surface area (Å²) in [6, 6.07) is 1.60. The summed E-state index contributed by atoms with van der Waals surface area (Å²) in [6.45, 7) is 6.20. The zero-order valence-electron chi connectivity index (χ0n) is 10.2. The van der Waals surface area contributed by atoms with E-state index < -0.39 is 5.91 Å². The Morgan fingerprint density at radius 2 is 2.00 bits per heavy atom. The Kier molecular flexibility index (Phi) is 2.92. The Bertz CT molecular complexity index is 436. The number of primary amides is 1. The Morgan fingerprint density at radius 1 is 1.41 bits per heavy atom. The summed E-state index contributed by atoms with van der Waals surface area (Å²) in [6.07, 6.45) is 1.56. The third-order valence-corrected chi connectivity index (χ3v) is 3.44. The predicted molar refractivity (Wildman–Crippen MR) is 67.7 cm³/mol. The van der Waals surface area contributed by atoms with Gasteiger partial charge in [-0.05, 0) is 17.9 Å². The van der Waals surface area contributed by atoms with E-state index in [0.717, 1.165) is 13.1 Å². The number of hydrogen-bond donors (Lipinski definition) is 2. The summed E-state index contributed by atoms with van der Waals surface area (Å²) in [4.78, 5) is 17.8. The van der Waals surface area contributed by atoms with Crippen molar-refractivity contribution >= 4 is 17.4 Å². The molecule has 1 fully saturated rings. The van der Waals surface area contributed by atoms with Crippen molar-refractivity contribution in [2.75, 3.05) is 23.7 Å². The zero-order valence-corrected chi connectivity index (χ0v) is 10.2. The molecule has 0 saturated carbocycles. The molecule has 17 heavy (non-hydrogen) atoms. The van der Waals surface area contributed by atoms with Crippen molar-refractivity contribution in [2.45, 2.75) is 13.8 Å². The first-order chi connectivity index (χ1) is 7.99. The van der Waals surface area contributed by atoms with Crippen LogP contribution in [-0.4, -0.2) is 24.0 Å². The van der Waals surface area contributed by atoms with Gasteiger partial charge in [-0.15, -0.1) is 0 Å². The Balaban J connectivity index is 2.36. The number of nitrogen functional groups attached to an aromatic ring is 1. The molecule has 1 aliphatic rings. The Labute approximate surface area is 101 Å². The van der Waals surface area contributed by atoms with Crippen LogP contribution in [-0.2, 0) is 0 Å². The second kappa shape index (κ2) is 4.24. The number of anilines is 2. The van der Waals surface area contributed by atoms with E-state index in [1.165, 1.54) is 0 Å². The van der Waals surface area contributed by atoms with E-state index in [1.807, 2.05) is 0 Å². The highest BCUT2D eigenvalue weighted by molar-refractivity contribution is 5.98. The first-order valence-electron chi connectivity index (χ1n) is 5.79. The molecule has 1 aliphatic heterocycles. The molecule has 2 unspecified atom stereocenters. The highest BCUT2D eigenvalue weighted by Gasteiger charge is 2.29. The van der Waals surface area contributed by atoms with Crippen LogP contribution in [0.1, 0.15) is 24.2 Å². The normalized spacial score (nSPS) is 24.0. The van der Waals surface area contributed by atoms with E-state index in [9.17, 15) is 4.79 Å². The third-order valence-electron chi connectivity index (χ3n) is 3.44. The predicted octanol–water partition coefficient (Wildman–Crippen LogP) is 0.855. The lowest BCUT2D eigenvalue weighted by molar-refractivity contribution is 0.100. The summed E-state index contributed by atoms with van der Waals surface area (Å²) < 4.78 is 0. The zero-order chi connectivity index (χ0) is 12.6. The third kappa shape index (κ3) is 2.18. The Morgan fingerprint density at radius 3 is 2.53 bits per heavy atom. The standard InChI is InChI=1S/C12H18N4O/c1-7-5-16(6-8(7)2)12-10(11(14)17)3-9(13)4-15-12/h3-4,7-8H,5-6,13H2,1-2H3,(H2,14,17). The molecule has 0 bridgehead atoms. The van der Waals surface area contributed by atoms with Gasteiger partial charge < -0.3 is 16.4 Å². The summed E-state index contributed by atoms with van der Waals surface area (Å²) in [7, 11) is 0. The van der Waals surface area contributed by atoms with E-state index in [2.05, 4.69) is 23.7 Å². The first kappa shape index (κ1) is 11.7. The molecule has 1 aromatic heterocycles. The summed E-state index contributed by atoms with van der Waals surface area (Å²) in [5.41, 5.74) is 11.9. The number of hydrogen-bond acceptors (Lipinski definition) is 4. The van der Waals surface area contributed by atoms with Gasteiger partial charge in [-0.3, -0.25) is 4.79 Å². The van der Waals surface area contributed by atoms with Crippen molar-refractivity contribution < 1.29 is 4.79 Å². The molecule has 2 rings (SSSR count). The van der Waals surface area contributed by atoms with Crippen molar-refractivity contribution in [1.29, 1.82) is 0 Å². The molecule has 5 heteroatoms. The number of carbonyl (C=O) groups is 1. The highest BCUT2D eigenvalue weighted by atomic mass is 16.1. The van der Waals surface area contributed by atoms with Crippen molar-refractivity contribution in [3.05, 3.63) is 17.8 Å². The van der Waals surface area contributed by atoms with Crippen LogP contribution >= 0.6 is 0 Å². The SMILES string of the molecule is CC1CN(c2ncc(N)cc2C(N)=O)CC1C. The largest absolute Gasteiger partial charge is 0.397 e. The smallest absolute Gasteiger partial charge is 0.252 e. The molecular weight excluding hydrogens is 216 g/mol. The van der Waals surface area contributed by atoms with Gasteiger partial charge in [0.1, 0.15) is 5.82 Å². The van der Waals surface area contributed by atoms with Crippen LogP contribution in [0.4, 0.5) is 11.5 Å². The number of aromatic nitrogens is 1. The van der Waals surface area contributed by atoms with E-state index in [1.54, 1.807) is 12.3 Å². The molecule has 0 radical (unpaired) electrons. The van der Waals surface area contributed by atoms with E-state index in [4.69, 9.17) is 11.5 Å². The number of nitrogens with zero attached hydrogens (tertiary/aromatic N) is 2. The van der Waals surface area contributed by atoms with Gasteiger partial charge in [-0.1, -0.05) is 13.8 Å². The highest BCUT2D eigenvalue weighted by Crippen LogP contribution is 2.29. The Hall–Kier alpha value is -1.78. The number of pyridine rings is 1. The molecule has 1 saturated heterocycles. The van der Waals surface area contributed by atoms with Gasteiger partial charge in [0.2, 0.25) is 0 Å². The molecule has 0 spiro atoms. The van der Waals surface area contributed by atoms with Crippen molar-refractivity contribution in [2.24, 2.45) is 17.6 Å². The molecule has 5 nitrogen and oxygen atoms in total. The van der Waals surface area contributed by atoms with Gasteiger partial charge in [0.15, 0.2) is 0 Å². The van der Waals surface area contributed by atoms with Crippen molar-refractivity contribution in [1.82, 2.24) is 4.98 Å². The molecule has 4 N–H and O–H groups in total. The molecule has 1 amide bonds. The van der Waals surface area contributed by atoms with Gasteiger partial charge in [-0.25, -0.2) is 4.98 Å². The summed E-state index contributed by atoms with van der Waals surface area (Å²) in [5.74, 6) is 1.36. The van der Waals surface area contributed by atoms with Gasteiger partial charge in [0.25, 0.3) is 5.91 Å². The van der Waals surface area contributed by atoms with Crippen molar-refractivity contribution in [3.8, 4) is 0 Å². The van der Waals surface area contributed by atoms with Crippen LogP contribution in [0.25, 0.3) is 0 Å². The lowest BCUT2D eigenvalue weighted by Gasteiger charge is -2.19. The minimum atomic E-state index is -0.480. The van der Waals surface area contributed by atoms with E-state index in [-0.39, 0.29) is 0 Å². The molecule has 1 aromatic rings. The van der Waals surface area contributed by atoms with Gasteiger partial charge in [-0.2, -0.15) is 0 Å². The molecular formula is C12H18N4O. The summed E-state index contributed by atoms with van der Waals surface area (Å²) >= 11 is 0. The molecule has 2 atom stereocenters. The number of nitrogens with two attached hydrogens (primary N) is 2. The van der Waals surface area contributed by atoms with E-state index >= 15 is 0 Å². The molecule has 0 aliphatic carbocycles. The lowest BCUT2D eigenvalue weighted by Crippen LogP contribution is -2.25. The topological polar surface area (TPSA) is 85.2 Å². The minimum Gasteiger partial charge on any atom is -0.397 e. The van der Waals surface area contributed by atoms with E-state index in [0.29, 0.717) is 28.9 Å². The molecule has 2 heterocycles. The average Bonchev–Trinajstić information content (AvgIpc) is 2.59. The maximum atomic E-state index is 11.4. The summed E-state index contributed by atoms with van der Waals surface area (Å²) in [5, 5.41) is 0. The second-order valence-corrected chi connectivity index (χ2v) is 4.86. The van der Waals surface area contributed by atoms with Gasteiger partial charge in [0, 0.05) is 13.1 Å². The number of carbonyl (C=O) groups excluding carboxylic acids is 1. The number of amides is 1. The quantitative estimate of drug-likeness (QED) is 0.794. The van der Waals surface area contributed by atoms with Crippen LogP contribution < -0.4 is 16.4 Å². The second-order valence-electron chi connectivity index (χ2n) is 4.86. The fourth-order valence-electron chi connectivity index (χ4n) is 2.21. The van der Waals surface area contributed by atoms with Crippen LogP contribution in [0, 0.1) is 11.8 Å². The fraction of sp³-hybridized carbons (Fsp3) is 0.500. The van der Waals surface area contributed by atoms with Gasteiger partial charge in [0.05, 0.1) is 17.4 Å². The van der Waals surface area contributed by atoms with Crippen LogP contribution in [0.2, 0.25) is 0 Å². The monoisotopic (exact) mass is 234 g/mol. The van der Waals surface area contributed by atoms with Crippen LogP contribution in [0.3, 0.4) is 0 Å². The maximum Gasteiger partial charge on any atom is 0.252 e. The lowest BCUT2D eigenvalue weighted by atomic mass is 10.0. The van der Waals surface area contributed by atoms with Crippen molar-refractivity contribution in [3.63, 3.8) is 0 Å². The van der Waals surface area contributed by atoms with Crippen LogP contribution in [0.5, 0.6) is 0 Å². The first-order valence-corrected chi connectivity index (χ1v) is 5.79. The molecule has 92 valence electrons. The van der Waals surface area contributed by atoms with Gasteiger partial charge >= 0.3 is 0 Å². The maximum absolute atomic E-state index is 11.4. The average molecular weight is 234 g/mol. The van der Waals surface area contributed by atoms with Crippen LogP contribution in [0.15, 0.2) is 12.3 Å². The fourth-order valence-corrected chi connectivity index (χ4v) is 2.21.